The number of aliphatic hydroxyl groups excluding tert-OH is 2. The number of nitrogens with zero attached hydrogens (tertiary/aromatic N) is 6. The van der Waals surface area contributed by atoms with Crippen LogP contribution in [0.15, 0.2) is 122 Å². The van der Waals surface area contributed by atoms with Gasteiger partial charge in [-0.25, -0.2) is 0 Å². The molecule has 2 aliphatic rings. The smallest absolute Gasteiger partial charge is 0.394 e. The van der Waals surface area contributed by atoms with E-state index < -0.39 is 81.2 Å². The molecule has 23 heteroatoms. The Labute approximate surface area is 417 Å². The summed E-state index contributed by atoms with van der Waals surface area (Å²) in [6, 6.07) is 21.7. The van der Waals surface area contributed by atoms with Crippen molar-refractivity contribution in [3.63, 3.8) is 0 Å². The van der Waals surface area contributed by atoms with Crippen LogP contribution in [0.2, 0.25) is 0 Å². The van der Waals surface area contributed by atoms with Crippen molar-refractivity contribution in [2.75, 3.05) is 33.0 Å². The summed E-state index contributed by atoms with van der Waals surface area (Å²) in [7, 11) is 0. The summed E-state index contributed by atoms with van der Waals surface area (Å²) in [6.45, 7) is 2.91. The van der Waals surface area contributed by atoms with Crippen molar-refractivity contribution < 1.29 is 72.4 Å². The molecule has 2 aromatic heterocycles. The topological polar surface area (TPSA) is 132 Å². The van der Waals surface area contributed by atoms with Crippen molar-refractivity contribution in [1.29, 1.82) is 0 Å². The third-order valence-electron chi connectivity index (χ3n) is 14.5. The number of hydrogen-bond acceptors (Lipinski definition) is 9. The van der Waals surface area contributed by atoms with Crippen molar-refractivity contribution in [3.8, 4) is 0 Å². The van der Waals surface area contributed by atoms with Crippen LogP contribution in [-0.4, -0.2) is 72.7 Å². The minimum atomic E-state index is -4.94. The molecule has 400 valence electrons. The van der Waals surface area contributed by atoms with E-state index in [0.717, 1.165) is 11.1 Å². The number of ether oxygens (including phenoxy) is 2. The van der Waals surface area contributed by atoms with Crippen molar-refractivity contribution in [3.05, 3.63) is 167 Å². The Morgan fingerprint density at radius 3 is 1.23 bits per heavy atom. The van der Waals surface area contributed by atoms with Gasteiger partial charge in [0, 0.05) is 12.0 Å². The van der Waals surface area contributed by atoms with Crippen LogP contribution in [-0.2, 0) is 56.2 Å². The first kappa shape index (κ1) is 55.9. The molecule has 8 rings (SSSR count). The van der Waals surface area contributed by atoms with E-state index in [-0.39, 0.29) is 49.7 Å². The molecule has 74 heavy (non-hydrogen) atoms. The second-order valence-electron chi connectivity index (χ2n) is 19.0. The third kappa shape index (κ3) is 12.4. The van der Waals surface area contributed by atoms with Crippen LogP contribution >= 0.6 is 0 Å². The number of aromatic nitrogens is 6. The fourth-order valence-electron chi connectivity index (χ4n) is 9.67. The summed E-state index contributed by atoms with van der Waals surface area (Å²) in [5.74, 6) is 0. The van der Waals surface area contributed by atoms with E-state index in [0.29, 0.717) is 69.3 Å². The van der Waals surface area contributed by atoms with Crippen LogP contribution in [0.25, 0.3) is 0 Å². The largest absolute Gasteiger partial charge is 0.416 e. The summed E-state index contributed by atoms with van der Waals surface area (Å²) in [5.41, 5.74) is -6.79. The second-order valence-corrected chi connectivity index (χ2v) is 19.0. The molecule has 0 unspecified atom stereocenters. The number of piperidine rings is 1. The molecule has 0 spiro atoms. The Morgan fingerprint density at radius 1 is 0.500 bits per heavy atom. The third-order valence-corrected chi connectivity index (χ3v) is 14.5. The van der Waals surface area contributed by atoms with Crippen molar-refractivity contribution >= 4 is 0 Å². The molecule has 0 amide bonds. The highest BCUT2D eigenvalue weighted by Gasteiger charge is 2.47. The van der Waals surface area contributed by atoms with Crippen molar-refractivity contribution in [2.45, 2.75) is 111 Å². The summed E-state index contributed by atoms with van der Waals surface area (Å²) >= 11 is 0. The lowest BCUT2D eigenvalue weighted by Crippen LogP contribution is -2.60. The molecule has 1 saturated carbocycles. The average molecular weight is 1060 g/mol. The summed E-state index contributed by atoms with van der Waals surface area (Å²) in [6.07, 6.45) is -12.5. The molecular weight excluding hydrogens is 1000 g/mol. The number of benzene rings is 4. The molecule has 4 atom stereocenters. The molecule has 1 saturated heterocycles. The number of alkyl halides is 12. The van der Waals surface area contributed by atoms with Gasteiger partial charge in [0.25, 0.3) is 0 Å². The Bertz CT molecular complexity index is 2470. The monoisotopic (exact) mass is 1060 g/mol. The summed E-state index contributed by atoms with van der Waals surface area (Å²) in [4.78, 5) is 0. The van der Waals surface area contributed by atoms with Gasteiger partial charge in [-0.15, -0.1) is 20.4 Å². The summed E-state index contributed by atoms with van der Waals surface area (Å²) < 4.78 is 176. The lowest BCUT2D eigenvalue weighted by atomic mass is 9.64. The summed E-state index contributed by atoms with van der Waals surface area (Å²) in [5, 5.41) is 39.1. The van der Waals surface area contributed by atoms with Gasteiger partial charge >= 0.3 is 24.7 Å². The van der Waals surface area contributed by atoms with Crippen LogP contribution in [0.4, 0.5) is 52.7 Å². The fraction of sp³-hybridized carbons (Fsp3) is 0.451. The number of nitrogens with one attached hydrogen (secondary N) is 1. The van der Waals surface area contributed by atoms with Gasteiger partial charge in [-0.2, -0.15) is 52.7 Å². The van der Waals surface area contributed by atoms with Crippen LogP contribution in [0.3, 0.4) is 0 Å². The molecule has 3 heterocycles. The highest BCUT2D eigenvalue weighted by molar-refractivity contribution is 5.36. The van der Waals surface area contributed by atoms with Crippen molar-refractivity contribution in [1.82, 2.24) is 34.8 Å². The van der Waals surface area contributed by atoms with E-state index in [1.807, 2.05) is 60.7 Å². The molecule has 1 aliphatic carbocycles. The lowest BCUT2D eigenvalue weighted by molar-refractivity contribution is -0.145. The molecule has 1 aliphatic heterocycles. The Morgan fingerprint density at radius 2 is 0.865 bits per heavy atom. The lowest BCUT2D eigenvalue weighted by Gasteiger charge is -2.47. The maximum absolute atomic E-state index is 13.3. The molecule has 0 bridgehead atoms. The van der Waals surface area contributed by atoms with Gasteiger partial charge in [-0.3, -0.25) is 0 Å². The maximum Gasteiger partial charge on any atom is 0.416 e. The van der Waals surface area contributed by atoms with Gasteiger partial charge in [-0.05, 0) is 111 Å². The molecular formula is C51H53F12N7O4. The molecule has 6 aromatic rings. The molecule has 11 nitrogen and oxygen atoms in total. The predicted molar refractivity (Wildman–Crippen MR) is 244 cm³/mol. The minimum absolute atomic E-state index is 0.0283. The van der Waals surface area contributed by atoms with Gasteiger partial charge in [0.1, 0.15) is 25.3 Å². The average Bonchev–Trinajstić information content (AvgIpc) is 4.15. The highest BCUT2D eigenvalue weighted by atomic mass is 19.4. The molecule has 3 N–H and O–H groups in total. The highest BCUT2D eigenvalue weighted by Crippen LogP contribution is 2.48. The Hall–Kier alpha value is -5.88. The fourth-order valence-corrected chi connectivity index (χ4v) is 9.67. The number of hydrogen-bond donors (Lipinski definition) is 3. The van der Waals surface area contributed by atoms with Gasteiger partial charge < -0.3 is 34.1 Å². The quantitative estimate of drug-likeness (QED) is 0.0912. The predicted octanol–water partition coefficient (Wildman–Crippen LogP) is 11.4. The SMILES string of the molecule is C[C@@H](OCC1(c2ccccc2)CCC(CO)(n2cnnc2)CC1)c1cc(C(F)(F)F)cc(C(F)(F)F)c1.C[C@@H](OC[C@@]1(c2ccccc2)CC[C@@](CO)(n2cnnc2)CN1)c1cc(C(F)(F)F)cc(C(F)(F)F)c1. The van der Waals surface area contributed by atoms with Gasteiger partial charge in [0.15, 0.2) is 0 Å². The number of aliphatic hydroxyl groups is 2. The van der Waals surface area contributed by atoms with Crippen molar-refractivity contribution in [2.24, 2.45) is 0 Å². The first-order valence-corrected chi connectivity index (χ1v) is 23.4. The van der Waals surface area contributed by atoms with Gasteiger partial charge in [0.05, 0.1) is 77.5 Å². The minimum Gasteiger partial charge on any atom is -0.394 e. The van der Waals surface area contributed by atoms with E-state index in [4.69, 9.17) is 9.47 Å². The normalized spacial score (nSPS) is 23.7. The zero-order chi connectivity index (χ0) is 53.8. The van der Waals surface area contributed by atoms with Gasteiger partial charge in [-0.1, -0.05) is 60.7 Å². The van der Waals surface area contributed by atoms with E-state index in [9.17, 15) is 62.9 Å². The standard InChI is InChI=1S/C26H27F6N3O2.C25H26F6N4O2/c1-18(19-11-21(25(27,28)29)13-22(12-19)26(30,31)32)37-15-23(20-5-3-2-4-6-20)7-9-24(14-36,10-8-23)35-16-33-34-17-35;1-17(18-9-20(24(26,27)28)11-21(10-18)25(29,30)31)37-14-23(19-5-3-2-4-6-19)8-7-22(13-36,12-32-23)35-15-33-34-16-35/h2-6,11-13,16-18,36H,7-10,14-15H2,1H3;2-6,9-11,15-17,32,36H,7-8,12-14H2,1H3/t18-,23?,24?;17-,22-,23-/m11/s1. The Balaban J connectivity index is 0.000000216. The van der Waals surface area contributed by atoms with Crippen LogP contribution in [0.5, 0.6) is 0 Å². The number of rotatable bonds is 14. The maximum atomic E-state index is 13.3. The zero-order valence-electron chi connectivity index (χ0n) is 39.9. The first-order valence-electron chi connectivity index (χ1n) is 23.4. The van der Waals surface area contributed by atoms with Gasteiger partial charge in [0.2, 0.25) is 0 Å². The zero-order valence-corrected chi connectivity index (χ0v) is 39.9. The molecule has 2 fully saturated rings. The molecule has 4 aromatic carbocycles. The van der Waals surface area contributed by atoms with E-state index in [1.54, 1.807) is 21.8 Å². The van der Waals surface area contributed by atoms with E-state index in [2.05, 4.69) is 25.7 Å². The van der Waals surface area contributed by atoms with Crippen LogP contribution in [0, 0.1) is 0 Å². The Kier molecular flexibility index (Phi) is 16.4. The second kappa shape index (κ2) is 21.8. The molecule has 0 radical (unpaired) electrons. The van der Waals surface area contributed by atoms with E-state index >= 15 is 0 Å². The van der Waals surface area contributed by atoms with E-state index in [1.165, 1.54) is 26.5 Å². The van der Waals surface area contributed by atoms with Crippen LogP contribution < -0.4 is 5.32 Å². The number of halogens is 12. The first-order chi connectivity index (χ1) is 34.8. The van der Waals surface area contributed by atoms with Crippen LogP contribution in [0.1, 0.15) is 109 Å².